The number of ketones is 1. The van der Waals surface area contributed by atoms with E-state index in [-0.39, 0.29) is 16.9 Å². The molecule has 116 valence electrons. The van der Waals surface area contributed by atoms with Gasteiger partial charge in [-0.3, -0.25) is 4.79 Å². The van der Waals surface area contributed by atoms with Crippen LogP contribution in [0.2, 0.25) is 0 Å². The van der Waals surface area contributed by atoms with Crippen LogP contribution in [-0.2, 0) is 11.8 Å². The Morgan fingerprint density at radius 2 is 1.91 bits per heavy atom. The highest BCUT2D eigenvalue weighted by Gasteiger charge is 2.33. The number of carbonyl (C=O) groups excluding carboxylic acids is 1. The molecule has 0 atom stereocenters. The summed E-state index contributed by atoms with van der Waals surface area (Å²) in [5.41, 5.74) is 1.88. The first-order valence-corrected chi connectivity index (χ1v) is 7.40. The van der Waals surface area contributed by atoms with Crippen LogP contribution in [0.25, 0.3) is 5.69 Å². The normalized spacial score (nSPS) is 15.0. The van der Waals surface area contributed by atoms with Crippen LogP contribution in [0.5, 0.6) is 0 Å². The maximum absolute atomic E-state index is 14.1. The summed E-state index contributed by atoms with van der Waals surface area (Å²) >= 11 is 0. The van der Waals surface area contributed by atoms with Crippen molar-refractivity contribution in [2.75, 3.05) is 0 Å². The molecule has 2 aromatic rings. The SMILES string of the molecule is CC(C)(C)c1nn(-c2ccc(F)cc2F)c2c1C(=O)CCC2. The van der Waals surface area contributed by atoms with E-state index in [0.717, 1.165) is 18.2 Å². The van der Waals surface area contributed by atoms with Crippen molar-refractivity contribution < 1.29 is 13.6 Å². The average molecular weight is 304 g/mol. The Bertz CT molecular complexity index is 757. The van der Waals surface area contributed by atoms with Crippen molar-refractivity contribution in [2.24, 2.45) is 0 Å². The van der Waals surface area contributed by atoms with E-state index in [1.165, 1.54) is 16.8 Å². The number of fused-ring (bicyclic) bond motifs is 1. The van der Waals surface area contributed by atoms with Gasteiger partial charge in [-0.25, -0.2) is 13.5 Å². The van der Waals surface area contributed by atoms with Gasteiger partial charge in [0.05, 0.1) is 17.0 Å². The standard InChI is InChI=1S/C17H18F2N2O/c1-17(2,3)16-15-13(5-4-6-14(15)22)21(20-16)12-8-7-10(18)9-11(12)19/h7-9H,4-6H2,1-3H3. The largest absolute Gasteiger partial charge is 0.294 e. The van der Waals surface area contributed by atoms with Crippen LogP contribution < -0.4 is 0 Å². The fourth-order valence-corrected chi connectivity index (χ4v) is 2.90. The highest BCUT2D eigenvalue weighted by Crippen LogP contribution is 2.33. The summed E-state index contributed by atoms with van der Waals surface area (Å²) in [5.74, 6) is -1.25. The topological polar surface area (TPSA) is 34.9 Å². The number of hydrogen-bond donors (Lipinski definition) is 0. The van der Waals surface area contributed by atoms with E-state index in [1.54, 1.807) is 0 Å². The number of rotatable bonds is 1. The second-order valence-electron chi connectivity index (χ2n) is 6.70. The van der Waals surface area contributed by atoms with Crippen LogP contribution in [0, 0.1) is 11.6 Å². The minimum absolute atomic E-state index is 0.0555. The molecule has 0 radical (unpaired) electrons. The van der Waals surface area contributed by atoms with Gasteiger partial charge >= 0.3 is 0 Å². The number of Topliss-reactive ketones (excluding diaryl/α,β-unsaturated/α-hetero) is 1. The van der Waals surface area contributed by atoms with E-state index < -0.39 is 11.6 Å². The smallest absolute Gasteiger partial charge is 0.166 e. The van der Waals surface area contributed by atoms with Crippen LogP contribution in [0.1, 0.15) is 55.4 Å². The molecule has 0 aliphatic heterocycles. The number of nitrogens with zero attached hydrogens (tertiary/aromatic N) is 2. The summed E-state index contributed by atoms with van der Waals surface area (Å²) in [4.78, 5) is 12.3. The Morgan fingerprint density at radius 3 is 2.55 bits per heavy atom. The minimum atomic E-state index is -0.677. The quantitative estimate of drug-likeness (QED) is 0.799. The van der Waals surface area contributed by atoms with Gasteiger partial charge in [0, 0.05) is 17.9 Å². The summed E-state index contributed by atoms with van der Waals surface area (Å²) in [5, 5.41) is 4.51. The number of aromatic nitrogens is 2. The maximum atomic E-state index is 14.1. The lowest BCUT2D eigenvalue weighted by Gasteiger charge is -2.19. The molecular formula is C17H18F2N2O. The van der Waals surface area contributed by atoms with Gasteiger partial charge in [-0.2, -0.15) is 5.10 Å². The zero-order chi connectivity index (χ0) is 16.1. The summed E-state index contributed by atoms with van der Waals surface area (Å²) in [7, 11) is 0. The van der Waals surface area contributed by atoms with E-state index in [9.17, 15) is 13.6 Å². The van der Waals surface area contributed by atoms with Gasteiger partial charge in [0.2, 0.25) is 0 Å². The zero-order valence-corrected chi connectivity index (χ0v) is 12.9. The molecule has 3 rings (SSSR count). The molecule has 0 saturated heterocycles. The lowest BCUT2D eigenvalue weighted by molar-refractivity contribution is 0.0970. The average Bonchev–Trinajstić information content (AvgIpc) is 2.80. The van der Waals surface area contributed by atoms with Crippen molar-refractivity contribution in [1.29, 1.82) is 0 Å². The predicted octanol–water partition coefficient (Wildman–Crippen LogP) is 3.97. The lowest BCUT2D eigenvalue weighted by Crippen LogP contribution is -2.19. The molecule has 3 nitrogen and oxygen atoms in total. The predicted molar refractivity (Wildman–Crippen MR) is 79.4 cm³/mol. The molecule has 1 aliphatic rings. The summed E-state index contributed by atoms with van der Waals surface area (Å²) < 4.78 is 28.7. The zero-order valence-electron chi connectivity index (χ0n) is 12.9. The van der Waals surface area contributed by atoms with Crippen LogP contribution in [0.15, 0.2) is 18.2 Å². The first-order valence-electron chi connectivity index (χ1n) is 7.40. The third-order valence-corrected chi connectivity index (χ3v) is 3.93. The van der Waals surface area contributed by atoms with Crippen molar-refractivity contribution in [3.8, 4) is 5.69 Å². The second-order valence-corrected chi connectivity index (χ2v) is 6.70. The van der Waals surface area contributed by atoms with Crippen LogP contribution >= 0.6 is 0 Å². The number of hydrogen-bond acceptors (Lipinski definition) is 2. The summed E-state index contributed by atoms with van der Waals surface area (Å²) in [6, 6.07) is 3.40. The van der Waals surface area contributed by atoms with Crippen LogP contribution in [-0.4, -0.2) is 15.6 Å². The van der Waals surface area contributed by atoms with Gasteiger partial charge in [-0.05, 0) is 25.0 Å². The van der Waals surface area contributed by atoms with E-state index >= 15 is 0 Å². The van der Waals surface area contributed by atoms with Gasteiger partial charge in [0.1, 0.15) is 11.5 Å². The molecule has 1 heterocycles. The van der Waals surface area contributed by atoms with Gasteiger partial charge in [0.25, 0.3) is 0 Å². The van der Waals surface area contributed by atoms with Crippen LogP contribution in [0.3, 0.4) is 0 Å². The highest BCUT2D eigenvalue weighted by atomic mass is 19.1. The third kappa shape index (κ3) is 2.34. The van der Waals surface area contributed by atoms with Crippen LogP contribution in [0.4, 0.5) is 8.78 Å². The molecule has 0 unspecified atom stereocenters. The third-order valence-electron chi connectivity index (χ3n) is 3.93. The molecule has 0 saturated carbocycles. The molecule has 0 N–H and O–H groups in total. The summed E-state index contributed by atoms with van der Waals surface area (Å²) in [6.45, 7) is 5.93. The van der Waals surface area contributed by atoms with Crippen molar-refractivity contribution in [3.63, 3.8) is 0 Å². The van der Waals surface area contributed by atoms with Crippen molar-refractivity contribution in [1.82, 2.24) is 9.78 Å². The molecule has 0 fully saturated rings. The van der Waals surface area contributed by atoms with Crippen molar-refractivity contribution in [2.45, 2.75) is 45.4 Å². The molecule has 5 heteroatoms. The Kier molecular flexibility index (Phi) is 3.38. The summed E-state index contributed by atoms with van der Waals surface area (Å²) in [6.07, 6.45) is 1.89. The first-order chi connectivity index (χ1) is 10.3. The maximum Gasteiger partial charge on any atom is 0.166 e. The Hall–Kier alpha value is -2.04. The number of halogens is 2. The lowest BCUT2D eigenvalue weighted by atomic mass is 9.84. The molecule has 0 amide bonds. The molecule has 1 aromatic carbocycles. The molecule has 1 aliphatic carbocycles. The molecule has 1 aromatic heterocycles. The molecule has 22 heavy (non-hydrogen) atoms. The van der Waals surface area contributed by atoms with E-state index in [2.05, 4.69) is 5.10 Å². The molecule has 0 bridgehead atoms. The highest BCUT2D eigenvalue weighted by molar-refractivity contribution is 5.99. The van der Waals surface area contributed by atoms with E-state index in [0.29, 0.717) is 24.1 Å². The van der Waals surface area contributed by atoms with Gasteiger partial charge in [-0.15, -0.1) is 0 Å². The van der Waals surface area contributed by atoms with Crippen molar-refractivity contribution in [3.05, 3.63) is 46.8 Å². The Morgan fingerprint density at radius 1 is 1.18 bits per heavy atom. The Labute approximate surface area is 128 Å². The van der Waals surface area contributed by atoms with Gasteiger partial charge in [-0.1, -0.05) is 20.8 Å². The fraction of sp³-hybridized carbons (Fsp3) is 0.412. The van der Waals surface area contributed by atoms with E-state index in [1.807, 2.05) is 20.8 Å². The Balaban J connectivity index is 2.27. The number of carbonyl (C=O) groups is 1. The fourth-order valence-electron chi connectivity index (χ4n) is 2.90. The van der Waals surface area contributed by atoms with Crippen molar-refractivity contribution >= 4 is 5.78 Å². The second kappa shape index (κ2) is 5.00. The minimum Gasteiger partial charge on any atom is -0.294 e. The van der Waals surface area contributed by atoms with Gasteiger partial charge in [0.15, 0.2) is 11.6 Å². The monoisotopic (exact) mass is 304 g/mol. The number of benzene rings is 1. The van der Waals surface area contributed by atoms with Gasteiger partial charge < -0.3 is 0 Å². The van der Waals surface area contributed by atoms with E-state index in [4.69, 9.17) is 0 Å². The molecule has 0 spiro atoms. The first kappa shape index (κ1) is 14.9. The molecular weight excluding hydrogens is 286 g/mol.